The van der Waals surface area contributed by atoms with Gasteiger partial charge in [0.25, 0.3) is 0 Å². The number of halogens is 1. The lowest BCUT2D eigenvalue weighted by molar-refractivity contribution is -0.0493. The predicted molar refractivity (Wildman–Crippen MR) is 77.2 cm³/mol. The van der Waals surface area contributed by atoms with E-state index in [1.54, 1.807) is 0 Å². The topological polar surface area (TPSA) is 72.8 Å². The van der Waals surface area contributed by atoms with Crippen molar-refractivity contribution in [2.75, 3.05) is 19.0 Å². The molecule has 2 unspecified atom stereocenters. The average molecular weight is 323 g/mol. The Hall–Kier alpha value is -0.660. The van der Waals surface area contributed by atoms with E-state index in [0.29, 0.717) is 6.61 Å². The zero-order valence-corrected chi connectivity index (χ0v) is 12.8. The predicted octanol–water partition coefficient (Wildman–Crippen LogP) is 1.54. The van der Waals surface area contributed by atoms with Gasteiger partial charge in [-0.2, -0.15) is 0 Å². The maximum atomic E-state index is 10.9. The molecule has 0 heterocycles. The van der Waals surface area contributed by atoms with E-state index < -0.39 is 27.5 Å². The van der Waals surface area contributed by atoms with Gasteiger partial charge in [-0.05, 0) is 12.5 Å². The first-order valence-electron chi connectivity index (χ1n) is 6.21. The van der Waals surface area contributed by atoms with Gasteiger partial charge in [-0.15, -0.1) is 0 Å². The summed E-state index contributed by atoms with van der Waals surface area (Å²) in [6.07, 6.45) is -1.05. The van der Waals surface area contributed by atoms with Crippen molar-refractivity contribution in [3.63, 3.8) is 0 Å². The molecule has 0 amide bonds. The summed E-state index contributed by atoms with van der Waals surface area (Å²) in [4.78, 5) is 0. The minimum atomic E-state index is -3.69. The zero-order chi connectivity index (χ0) is 15.0. The van der Waals surface area contributed by atoms with Gasteiger partial charge in [-0.1, -0.05) is 30.3 Å². The van der Waals surface area contributed by atoms with Crippen molar-refractivity contribution in [2.24, 2.45) is 0 Å². The van der Waals surface area contributed by atoms with Gasteiger partial charge in [0, 0.05) is 10.7 Å². The minimum absolute atomic E-state index is 0.185. The van der Waals surface area contributed by atoms with Gasteiger partial charge in [0.05, 0.1) is 37.8 Å². The van der Waals surface area contributed by atoms with Crippen LogP contribution < -0.4 is 0 Å². The lowest BCUT2D eigenvalue weighted by atomic mass is 10.2. The number of aliphatic hydroxyl groups is 1. The quantitative estimate of drug-likeness (QED) is 0.698. The lowest BCUT2D eigenvalue weighted by Crippen LogP contribution is -2.29. The van der Waals surface area contributed by atoms with Gasteiger partial charge in [0.2, 0.25) is 9.05 Å². The normalized spacial score (nSPS) is 14.9. The summed E-state index contributed by atoms with van der Waals surface area (Å²) in [5.41, 5.74) is 1.04. The third kappa shape index (κ3) is 7.81. The highest BCUT2D eigenvalue weighted by Gasteiger charge is 2.18. The molecule has 0 radical (unpaired) electrons. The van der Waals surface area contributed by atoms with E-state index in [9.17, 15) is 8.42 Å². The number of ether oxygens (including phenoxy) is 2. The summed E-state index contributed by atoms with van der Waals surface area (Å²) < 4.78 is 32.6. The van der Waals surface area contributed by atoms with E-state index in [4.69, 9.17) is 25.3 Å². The molecular weight excluding hydrogens is 304 g/mol. The molecule has 0 spiro atoms. The smallest absolute Gasteiger partial charge is 0.235 e. The Kier molecular flexibility index (Phi) is 7.47. The Morgan fingerprint density at radius 3 is 2.45 bits per heavy atom. The second kappa shape index (κ2) is 8.59. The van der Waals surface area contributed by atoms with Crippen LogP contribution in [0.5, 0.6) is 0 Å². The zero-order valence-electron chi connectivity index (χ0n) is 11.2. The first-order valence-corrected chi connectivity index (χ1v) is 8.69. The van der Waals surface area contributed by atoms with Crippen LogP contribution in [0.1, 0.15) is 12.5 Å². The fourth-order valence-corrected chi connectivity index (χ4v) is 2.58. The summed E-state index contributed by atoms with van der Waals surface area (Å²) in [5, 5.41) is 9.02. The molecule has 0 aliphatic heterocycles. The summed E-state index contributed by atoms with van der Waals surface area (Å²) >= 11 is 0. The Morgan fingerprint density at radius 1 is 1.25 bits per heavy atom. The van der Waals surface area contributed by atoms with Crippen LogP contribution in [0, 0.1) is 0 Å². The van der Waals surface area contributed by atoms with E-state index in [1.807, 2.05) is 37.3 Å². The van der Waals surface area contributed by atoms with Gasteiger partial charge in [-0.3, -0.25) is 0 Å². The first kappa shape index (κ1) is 17.4. The highest BCUT2D eigenvalue weighted by atomic mass is 35.7. The van der Waals surface area contributed by atoms with Gasteiger partial charge in [-0.25, -0.2) is 8.42 Å². The van der Waals surface area contributed by atoms with Crippen molar-refractivity contribution in [3.05, 3.63) is 35.9 Å². The molecule has 1 aromatic carbocycles. The number of hydrogen-bond donors (Lipinski definition) is 1. The molecule has 1 rings (SSSR count). The van der Waals surface area contributed by atoms with Crippen LogP contribution in [0.4, 0.5) is 0 Å². The summed E-state index contributed by atoms with van der Waals surface area (Å²) in [5.74, 6) is -0.420. The Morgan fingerprint density at radius 2 is 1.90 bits per heavy atom. The molecule has 0 saturated heterocycles. The largest absolute Gasteiger partial charge is 0.394 e. The molecule has 7 heteroatoms. The van der Waals surface area contributed by atoms with Gasteiger partial charge in [0.1, 0.15) is 0 Å². The molecule has 114 valence electrons. The molecule has 1 N–H and O–H groups in total. The van der Waals surface area contributed by atoms with Crippen LogP contribution in [0.15, 0.2) is 30.3 Å². The van der Waals surface area contributed by atoms with Crippen LogP contribution in [0.3, 0.4) is 0 Å². The summed E-state index contributed by atoms with van der Waals surface area (Å²) in [7, 11) is 1.42. The summed E-state index contributed by atoms with van der Waals surface area (Å²) in [6.45, 7) is 2.04. The molecule has 0 fully saturated rings. The van der Waals surface area contributed by atoms with E-state index in [1.165, 1.54) is 0 Å². The fraction of sp³-hybridized carbons (Fsp3) is 0.538. The number of aliphatic hydroxyl groups excluding tert-OH is 1. The molecule has 20 heavy (non-hydrogen) atoms. The van der Waals surface area contributed by atoms with Gasteiger partial charge >= 0.3 is 0 Å². The highest BCUT2D eigenvalue weighted by molar-refractivity contribution is 8.13. The Balaban J connectivity index is 2.29. The van der Waals surface area contributed by atoms with E-state index in [2.05, 4.69) is 0 Å². The van der Waals surface area contributed by atoms with Gasteiger partial charge < -0.3 is 14.6 Å². The first-order chi connectivity index (χ1) is 9.40. The van der Waals surface area contributed by atoms with Crippen LogP contribution in [-0.4, -0.2) is 44.7 Å². The maximum absolute atomic E-state index is 10.9. The second-order valence-electron chi connectivity index (χ2n) is 4.45. The van der Waals surface area contributed by atoms with Crippen LogP contribution >= 0.6 is 10.7 Å². The molecule has 0 saturated carbocycles. The Bertz CT molecular complexity index is 477. The van der Waals surface area contributed by atoms with Crippen molar-refractivity contribution in [1.29, 1.82) is 0 Å². The van der Waals surface area contributed by atoms with E-state index >= 15 is 0 Å². The lowest BCUT2D eigenvalue weighted by Gasteiger charge is -2.18. The third-order valence-electron chi connectivity index (χ3n) is 2.53. The van der Waals surface area contributed by atoms with Crippen molar-refractivity contribution in [3.8, 4) is 0 Å². The van der Waals surface area contributed by atoms with Crippen molar-refractivity contribution in [1.82, 2.24) is 0 Å². The average Bonchev–Trinajstić information content (AvgIpc) is 2.41. The van der Waals surface area contributed by atoms with Gasteiger partial charge in [0.15, 0.2) is 0 Å². The number of hydrogen-bond acceptors (Lipinski definition) is 5. The molecule has 5 nitrogen and oxygen atoms in total. The van der Waals surface area contributed by atoms with E-state index in [-0.39, 0.29) is 12.7 Å². The monoisotopic (exact) mass is 322 g/mol. The number of benzene rings is 1. The van der Waals surface area contributed by atoms with E-state index in [0.717, 1.165) is 5.56 Å². The standard InChI is InChI=1S/C13H19ClO5S/c1-11(18-9-12-5-3-2-4-6-12)8-19-13(7-15)10-20(14,16)17/h2-6,11,13,15H,7-10H2,1H3. The molecule has 0 bridgehead atoms. The van der Waals surface area contributed by atoms with Crippen molar-refractivity contribution < 1.29 is 23.0 Å². The minimum Gasteiger partial charge on any atom is -0.394 e. The van der Waals surface area contributed by atoms with Crippen molar-refractivity contribution >= 4 is 19.7 Å². The second-order valence-corrected chi connectivity index (χ2v) is 7.27. The fourth-order valence-electron chi connectivity index (χ4n) is 1.51. The SMILES string of the molecule is CC(COC(CO)CS(=O)(=O)Cl)OCc1ccccc1. The number of rotatable bonds is 9. The molecule has 2 atom stereocenters. The molecule has 0 aromatic heterocycles. The van der Waals surface area contributed by atoms with Crippen LogP contribution in [0.25, 0.3) is 0 Å². The highest BCUT2D eigenvalue weighted by Crippen LogP contribution is 2.07. The summed E-state index contributed by atoms with van der Waals surface area (Å²) in [6, 6.07) is 9.67. The molecule has 1 aromatic rings. The Labute approximate surface area is 123 Å². The maximum Gasteiger partial charge on any atom is 0.235 e. The van der Waals surface area contributed by atoms with Crippen LogP contribution in [-0.2, 0) is 25.1 Å². The third-order valence-corrected chi connectivity index (χ3v) is 3.68. The van der Waals surface area contributed by atoms with Crippen molar-refractivity contribution in [2.45, 2.75) is 25.7 Å². The van der Waals surface area contributed by atoms with Crippen LogP contribution in [0.2, 0.25) is 0 Å². The molecule has 0 aliphatic carbocycles. The molecule has 0 aliphatic rings. The molecular formula is C13H19ClO5S.